The molecule has 0 aliphatic rings. The highest BCUT2D eigenvalue weighted by molar-refractivity contribution is 6.30. The largest absolute Gasteiger partial charge is 0.478 e. The standard InChI is InChI=1S/C17H15ClO3/c1-2-12-3-8-15(9-4-12)21-16-11-14(18)7-5-13(16)6-10-17(19)20/h3-11H,2H2,1H3,(H,19,20)/b10-6+. The molecule has 0 saturated heterocycles. The van der Waals surface area contributed by atoms with E-state index in [1.165, 1.54) is 11.6 Å². The third kappa shape index (κ3) is 4.36. The predicted molar refractivity (Wildman–Crippen MR) is 84.0 cm³/mol. The summed E-state index contributed by atoms with van der Waals surface area (Å²) in [5.74, 6) is 0.187. The summed E-state index contributed by atoms with van der Waals surface area (Å²) >= 11 is 5.97. The average molecular weight is 303 g/mol. The first-order valence-electron chi connectivity index (χ1n) is 6.56. The molecule has 0 aliphatic heterocycles. The Labute approximate surface area is 128 Å². The van der Waals surface area contributed by atoms with Gasteiger partial charge in [-0.3, -0.25) is 0 Å². The molecule has 0 spiro atoms. The molecule has 4 heteroatoms. The van der Waals surface area contributed by atoms with E-state index in [0.29, 0.717) is 22.1 Å². The van der Waals surface area contributed by atoms with Crippen molar-refractivity contribution >= 4 is 23.6 Å². The molecule has 0 saturated carbocycles. The zero-order chi connectivity index (χ0) is 15.2. The van der Waals surface area contributed by atoms with E-state index in [1.54, 1.807) is 18.2 Å². The molecule has 0 bridgehead atoms. The SMILES string of the molecule is CCc1ccc(Oc2cc(Cl)ccc2/C=C/C(=O)O)cc1. The molecule has 1 N–H and O–H groups in total. The lowest BCUT2D eigenvalue weighted by molar-refractivity contribution is -0.131. The molecule has 0 amide bonds. The normalized spacial score (nSPS) is 10.8. The molecule has 0 heterocycles. The molecule has 0 aromatic heterocycles. The van der Waals surface area contributed by atoms with Crippen LogP contribution in [0.25, 0.3) is 6.08 Å². The molecule has 0 aliphatic carbocycles. The molecule has 0 unspecified atom stereocenters. The number of carbonyl (C=O) groups is 1. The number of hydrogen-bond donors (Lipinski definition) is 1. The molecule has 0 radical (unpaired) electrons. The van der Waals surface area contributed by atoms with Crippen molar-refractivity contribution in [2.45, 2.75) is 13.3 Å². The van der Waals surface area contributed by atoms with Crippen LogP contribution in [0.2, 0.25) is 5.02 Å². The molecule has 3 nitrogen and oxygen atoms in total. The van der Waals surface area contributed by atoms with E-state index in [1.807, 2.05) is 24.3 Å². The zero-order valence-corrected chi connectivity index (χ0v) is 12.3. The fourth-order valence-electron chi connectivity index (χ4n) is 1.82. The Morgan fingerprint density at radius 3 is 2.57 bits per heavy atom. The lowest BCUT2D eigenvalue weighted by atomic mass is 10.1. The molecule has 21 heavy (non-hydrogen) atoms. The van der Waals surface area contributed by atoms with E-state index < -0.39 is 5.97 Å². The fourth-order valence-corrected chi connectivity index (χ4v) is 1.98. The van der Waals surface area contributed by atoms with Crippen molar-refractivity contribution in [1.29, 1.82) is 0 Å². The zero-order valence-electron chi connectivity index (χ0n) is 11.5. The summed E-state index contributed by atoms with van der Waals surface area (Å²) in [5.41, 5.74) is 1.88. The summed E-state index contributed by atoms with van der Waals surface area (Å²) in [5, 5.41) is 9.24. The van der Waals surface area contributed by atoms with Crippen LogP contribution in [-0.2, 0) is 11.2 Å². The third-order valence-electron chi connectivity index (χ3n) is 2.94. The summed E-state index contributed by atoms with van der Waals surface area (Å²) in [6.45, 7) is 2.08. The molecule has 0 atom stereocenters. The van der Waals surface area contributed by atoms with Gasteiger partial charge in [0.2, 0.25) is 0 Å². The minimum Gasteiger partial charge on any atom is -0.478 e. The van der Waals surface area contributed by atoms with Crippen LogP contribution in [0.1, 0.15) is 18.1 Å². The van der Waals surface area contributed by atoms with Gasteiger partial charge in [-0.25, -0.2) is 4.79 Å². The Bertz CT molecular complexity index is 660. The summed E-state index contributed by atoms with van der Waals surface area (Å²) < 4.78 is 5.79. The van der Waals surface area contributed by atoms with Crippen molar-refractivity contribution in [3.05, 3.63) is 64.7 Å². The highest BCUT2D eigenvalue weighted by Crippen LogP contribution is 2.29. The maximum atomic E-state index is 10.6. The second-order valence-corrected chi connectivity index (χ2v) is 4.89. The molecule has 2 aromatic rings. The van der Waals surface area contributed by atoms with Crippen molar-refractivity contribution in [3.8, 4) is 11.5 Å². The van der Waals surface area contributed by atoms with Gasteiger partial charge in [0.1, 0.15) is 11.5 Å². The van der Waals surface area contributed by atoms with E-state index in [2.05, 4.69) is 6.92 Å². The van der Waals surface area contributed by atoms with E-state index >= 15 is 0 Å². The van der Waals surface area contributed by atoms with Crippen molar-refractivity contribution in [2.24, 2.45) is 0 Å². The number of carboxylic acid groups (broad SMARTS) is 1. The Morgan fingerprint density at radius 1 is 1.24 bits per heavy atom. The lowest BCUT2D eigenvalue weighted by Crippen LogP contribution is -1.90. The maximum absolute atomic E-state index is 10.6. The second-order valence-electron chi connectivity index (χ2n) is 4.45. The predicted octanol–water partition coefficient (Wildman–Crippen LogP) is 4.79. The smallest absolute Gasteiger partial charge is 0.328 e. The van der Waals surface area contributed by atoms with Gasteiger partial charge in [-0.2, -0.15) is 0 Å². The Kier molecular flexibility index (Phi) is 5.01. The van der Waals surface area contributed by atoms with Crippen LogP contribution >= 0.6 is 11.6 Å². The van der Waals surface area contributed by atoms with Crippen LogP contribution in [0.3, 0.4) is 0 Å². The van der Waals surface area contributed by atoms with Crippen LogP contribution in [-0.4, -0.2) is 11.1 Å². The van der Waals surface area contributed by atoms with Gasteiger partial charge < -0.3 is 9.84 Å². The molecule has 0 fully saturated rings. The highest BCUT2D eigenvalue weighted by atomic mass is 35.5. The van der Waals surface area contributed by atoms with E-state index in [0.717, 1.165) is 12.5 Å². The molecular formula is C17H15ClO3. The van der Waals surface area contributed by atoms with Crippen LogP contribution in [0.5, 0.6) is 11.5 Å². The number of carboxylic acids is 1. The highest BCUT2D eigenvalue weighted by Gasteiger charge is 2.05. The van der Waals surface area contributed by atoms with Gasteiger partial charge in [-0.15, -0.1) is 0 Å². The van der Waals surface area contributed by atoms with E-state index in [4.69, 9.17) is 21.4 Å². The number of aryl methyl sites for hydroxylation is 1. The molecular weight excluding hydrogens is 288 g/mol. The van der Waals surface area contributed by atoms with Crippen molar-refractivity contribution in [1.82, 2.24) is 0 Å². The first-order valence-corrected chi connectivity index (χ1v) is 6.93. The first kappa shape index (κ1) is 15.1. The monoisotopic (exact) mass is 302 g/mol. The van der Waals surface area contributed by atoms with Gasteiger partial charge in [-0.05, 0) is 42.3 Å². The average Bonchev–Trinajstić information content (AvgIpc) is 2.47. The topological polar surface area (TPSA) is 46.5 Å². The van der Waals surface area contributed by atoms with E-state index in [9.17, 15) is 4.79 Å². The van der Waals surface area contributed by atoms with Gasteiger partial charge in [0.05, 0.1) is 0 Å². The first-order chi connectivity index (χ1) is 10.1. The minimum atomic E-state index is -1.01. The summed E-state index contributed by atoms with van der Waals surface area (Å²) in [7, 11) is 0. The number of benzene rings is 2. The second kappa shape index (κ2) is 6.95. The fraction of sp³-hybridized carbons (Fsp3) is 0.118. The Hall–Kier alpha value is -2.26. The minimum absolute atomic E-state index is 0.518. The summed E-state index contributed by atoms with van der Waals surface area (Å²) in [6, 6.07) is 12.8. The van der Waals surface area contributed by atoms with Crippen LogP contribution in [0.15, 0.2) is 48.5 Å². The molecule has 108 valence electrons. The number of ether oxygens (including phenoxy) is 1. The van der Waals surface area contributed by atoms with Gasteiger partial charge in [-0.1, -0.05) is 30.7 Å². The van der Waals surface area contributed by atoms with Gasteiger partial charge in [0, 0.05) is 22.7 Å². The van der Waals surface area contributed by atoms with Crippen LogP contribution in [0, 0.1) is 0 Å². The quantitative estimate of drug-likeness (QED) is 0.808. The third-order valence-corrected chi connectivity index (χ3v) is 3.18. The van der Waals surface area contributed by atoms with Crippen LogP contribution < -0.4 is 4.74 Å². The molecule has 2 rings (SSSR count). The Balaban J connectivity index is 2.28. The molecule has 2 aromatic carbocycles. The van der Waals surface area contributed by atoms with Crippen LogP contribution in [0.4, 0.5) is 0 Å². The lowest BCUT2D eigenvalue weighted by Gasteiger charge is -2.10. The van der Waals surface area contributed by atoms with Gasteiger partial charge >= 0.3 is 5.97 Å². The number of hydrogen-bond acceptors (Lipinski definition) is 2. The Morgan fingerprint density at radius 2 is 1.95 bits per heavy atom. The van der Waals surface area contributed by atoms with Gasteiger partial charge in [0.25, 0.3) is 0 Å². The summed E-state index contributed by atoms with van der Waals surface area (Å²) in [6.07, 6.45) is 3.51. The maximum Gasteiger partial charge on any atom is 0.328 e. The van der Waals surface area contributed by atoms with Crippen molar-refractivity contribution in [2.75, 3.05) is 0 Å². The number of aliphatic carboxylic acids is 1. The number of rotatable bonds is 5. The van der Waals surface area contributed by atoms with Crippen molar-refractivity contribution < 1.29 is 14.6 Å². The number of halogens is 1. The van der Waals surface area contributed by atoms with Gasteiger partial charge in [0.15, 0.2) is 0 Å². The van der Waals surface area contributed by atoms with Crippen molar-refractivity contribution in [3.63, 3.8) is 0 Å². The van der Waals surface area contributed by atoms with E-state index in [-0.39, 0.29) is 0 Å². The summed E-state index contributed by atoms with van der Waals surface area (Å²) in [4.78, 5) is 10.6.